The molecule has 0 spiro atoms. The van der Waals surface area contributed by atoms with Crippen LogP contribution in [0.15, 0.2) is 54.6 Å². The molecular formula is C22H23N3O. The third-order valence-corrected chi connectivity index (χ3v) is 4.93. The fraction of sp³-hybridized carbons (Fsp3) is 0.273. The number of hydrogen-bond acceptors (Lipinski definition) is 3. The van der Waals surface area contributed by atoms with E-state index in [1.807, 2.05) is 61.5 Å². The lowest BCUT2D eigenvalue weighted by molar-refractivity contribution is 0.102. The Morgan fingerprint density at radius 2 is 1.69 bits per heavy atom. The van der Waals surface area contributed by atoms with Crippen LogP contribution < -0.4 is 10.2 Å². The Balaban J connectivity index is 1.74. The molecule has 1 N–H and O–H groups in total. The summed E-state index contributed by atoms with van der Waals surface area (Å²) in [5.74, 6) is 0.721. The summed E-state index contributed by atoms with van der Waals surface area (Å²) in [5.41, 5.74) is 4.42. The highest BCUT2D eigenvalue weighted by molar-refractivity contribution is 6.13. The SMILES string of the molecule is Cc1ccc(NC(=O)c2c3cccccc-3nc2N2CCCCC2)cc1. The van der Waals surface area contributed by atoms with E-state index >= 15 is 0 Å². The van der Waals surface area contributed by atoms with Crippen LogP contribution in [0.3, 0.4) is 0 Å². The molecule has 4 rings (SSSR count). The van der Waals surface area contributed by atoms with Gasteiger partial charge in [-0.3, -0.25) is 4.79 Å². The molecule has 4 heteroatoms. The van der Waals surface area contributed by atoms with Gasteiger partial charge in [0, 0.05) is 24.3 Å². The van der Waals surface area contributed by atoms with E-state index in [0.717, 1.165) is 48.7 Å². The molecule has 1 aliphatic carbocycles. The van der Waals surface area contributed by atoms with Gasteiger partial charge in [0.2, 0.25) is 0 Å². The number of aromatic nitrogens is 1. The maximum Gasteiger partial charge on any atom is 0.260 e. The molecule has 0 radical (unpaired) electrons. The molecule has 2 heterocycles. The van der Waals surface area contributed by atoms with E-state index in [2.05, 4.69) is 10.2 Å². The molecule has 0 unspecified atom stereocenters. The molecular weight excluding hydrogens is 322 g/mol. The van der Waals surface area contributed by atoms with E-state index in [4.69, 9.17) is 4.98 Å². The van der Waals surface area contributed by atoms with Crippen molar-refractivity contribution in [3.63, 3.8) is 0 Å². The van der Waals surface area contributed by atoms with Crippen molar-refractivity contribution in [2.75, 3.05) is 23.3 Å². The lowest BCUT2D eigenvalue weighted by atomic mass is 10.1. The average molecular weight is 345 g/mol. The fourth-order valence-electron chi connectivity index (χ4n) is 3.53. The number of benzene rings is 1. The summed E-state index contributed by atoms with van der Waals surface area (Å²) in [5, 5.41) is 3.05. The lowest BCUT2D eigenvalue weighted by Gasteiger charge is -2.27. The van der Waals surface area contributed by atoms with Gasteiger partial charge in [-0.15, -0.1) is 0 Å². The molecule has 132 valence electrons. The van der Waals surface area contributed by atoms with Crippen molar-refractivity contribution in [3.8, 4) is 11.3 Å². The number of fused-ring (bicyclic) bond motifs is 1. The fourth-order valence-corrected chi connectivity index (χ4v) is 3.53. The van der Waals surface area contributed by atoms with E-state index in [1.165, 1.54) is 12.0 Å². The molecule has 0 aromatic heterocycles. The molecule has 0 saturated carbocycles. The number of amides is 1. The van der Waals surface area contributed by atoms with Gasteiger partial charge in [0.25, 0.3) is 5.91 Å². The van der Waals surface area contributed by atoms with Gasteiger partial charge in [-0.2, -0.15) is 0 Å². The standard InChI is InChI=1S/C22H23N3O/c1-16-10-12-17(13-11-16)23-22(26)20-18-8-4-2-5-9-19(18)24-21(20)25-14-6-3-7-15-25/h2,4-5,8-13H,3,6-7,14-15H2,1H3,(H,23,26). The van der Waals surface area contributed by atoms with Crippen molar-refractivity contribution < 1.29 is 4.79 Å². The van der Waals surface area contributed by atoms with E-state index in [9.17, 15) is 4.79 Å². The topological polar surface area (TPSA) is 45.2 Å². The third-order valence-electron chi connectivity index (χ3n) is 4.93. The molecule has 2 aliphatic heterocycles. The zero-order valence-corrected chi connectivity index (χ0v) is 15.0. The first-order chi connectivity index (χ1) is 12.7. The third kappa shape index (κ3) is 3.27. The number of hydrogen-bond donors (Lipinski definition) is 1. The quantitative estimate of drug-likeness (QED) is 0.746. The maximum atomic E-state index is 13.2. The lowest BCUT2D eigenvalue weighted by Crippen LogP contribution is -2.31. The Kier molecular flexibility index (Phi) is 4.57. The van der Waals surface area contributed by atoms with Gasteiger partial charge in [0.15, 0.2) is 0 Å². The highest BCUT2D eigenvalue weighted by Crippen LogP contribution is 2.35. The number of aryl methyl sites for hydroxylation is 1. The highest BCUT2D eigenvalue weighted by Gasteiger charge is 2.27. The van der Waals surface area contributed by atoms with E-state index < -0.39 is 0 Å². The second-order valence-corrected chi connectivity index (χ2v) is 6.89. The first-order valence-corrected chi connectivity index (χ1v) is 9.24. The summed E-state index contributed by atoms with van der Waals surface area (Å²) >= 11 is 0. The summed E-state index contributed by atoms with van der Waals surface area (Å²) in [7, 11) is 0. The molecule has 0 atom stereocenters. The zero-order chi connectivity index (χ0) is 17.9. The number of carbonyl (C=O) groups is 1. The normalized spacial score (nSPS) is 14.4. The van der Waals surface area contributed by atoms with Crippen LogP contribution in [0.5, 0.6) is 0 Å². The van der Waals surface area contributed by atoms with Crippen molar-refractivity contribution in [2.24, 2.45) is 0 Å². The van der Waals surface area contributed by atoms with Crippen molar-refractivity contribution >= 4 is 17.4 Å². The molecule has 0 bridgehead atoms. The van der Waals surface area contributed by atoms with Crippen molar-refractivity contribution in [1.29, 1.82) is 0 Å². The predicted molar refractivity (Wildman–Crippen MR) is 106 cm³/mol. The monoisotopic (exact) mass is 345 g/mol. The number of rotatable bonds is 3. The summed E-state index contributed by atoms with van der Waals surface area (Å²) < 4.78 is 0. The van der Waals surface area contributed by atoms with Crippen LogP contribution in [0.2, 0.25) is 0 Å². The number of anilines is 2. The maximum absolute atomic E-state index is 13.2. The first kappa shape index (κ1) is 16.6. The molecule has 4 nitrogen and oxygen atoms in total. The Morgan fingerprint density at radius 1 is 0.962 bits per heavy atom. The molecule has 26 heavy (non-hydrogen) atoms. The van der Waals surface area contributed by atoms with Gasteiger partial charge in [-0.25, -0.2) is 4.98 Å². The van der Waals surface area contributed by atoms with Gasteiger partial charge >= 0.3 is 0 Å². The average Bonchev–Trinajstić information content (AvgIpc) is 2.87. The largest absolute Gasteiger partial charge is 0.356 e. The minimum Gasteiger partial charge on any atom is -0.356 e. The van der Waals surface area contributed by atoms with Gasteiger partial charge in [0.1, 0.15) is 5.82 Å². The Hall–Kier alpha value is -2.88. The van der Waals surface area contributed by atoms with Gasteiger partial charge < -0.3 is 10.2 Å². The van der Waals surface area contributed by atoms with E-state index in [0.29, 0.717) is 5.56 Å². The van der Waals surface area contributed by atoms with Crippen LogP contribution in [0.25, 0.3) is 11.3 Å². The minimum atomic E-state index is -0.0943. The van der Waals surface area contributed by atoms with Gasteiger partial charge in [-0.05, 0) is 44.4 Å². The number of nitrogens with one attached hydrogen (secondary N) is 1. The van der Waals surface area contributed by atoms with Crippen LogP contribution in [0.4, 0.5) is 11.5 Å². The van der Waals surface area contributed by atoms with Crippen molar-refractivity contribution in [2.45, 2.75) is 26.2 Å². The van der Waals surface area contributed by atoms with Crippen LogP contribution in [0, 0.1) is 6.92 Å². The van der Waals surface area contributed by atoms with Crippen molar-refractivity contribution in [1.82, 2.24) is 4.98 Å². The molecule has 3 aliphatic rings. The summed E-state index contributed by atoms with van der Waals surface area (Å²) in [6.07, 6.45) is 3.54. The Bertz CT molecular complexity index is 882. The predicted octanol–water partition coefficient (Wildman–Crippen LogP) is 4.74. The van der Waals surface area contributed by atoms with E-state index in [-0.39, 0.29) is 5.91 Å². The van der Waals surface area contributed by atoms with Crippen LogP contribution in [-0.4, -0.2) is 24.0 Å². The second-order valence-electron chi connectivity index (χ2n) is 6.89. The van der Waals surface area contributed by atoms with Crippen molar-refractivity contribution in [3.05, 3.63) is 65.7 Å². The molecule has 1 aromatic rings. The molecule has 1 amide bonds. The summed E-state index contributed by atoms with van der Waals surface area (Å²) in [4.78, 5) is 20.2. The van der Waals surface area contributed by atoms with Crippen LogP contribution in [-0.2, 0) is 0 Å². The smallest absolute Gasteiger partial charge is 0.260 e. The summed E-state index contributed by atoms with van der Waals surface area (Å²) in [6.45, 7) is 3.95. The Labute approximate surface area is 154 Å². The second kappa shape index (κ2) is 7.16. The molecule has 1 fully saturated rings. The number of nitrogens with zero attached hydrogens (tertiary/aromatic N) is 2. The van der Waals surface area contributed by atoms with Gasteiger partial charge in [-0.1, -0.05) is 42.0 Å². The van der Waals surface area contributed by atoms with Gasteiger partial charge in [0.05, 0.1) is 11.3 Å². The first-order valence-electron chi connectivity index (χ1n) is 9.24. The minimum absolute atomic E-state index is 0.0943. The number of carbonyl (C=O) groups excluding carboxylic acids is 1. The van der Waals surface area contributed by atoms with Crippen LogP contribution >= 0.6 is 0 Å². The highest BCUT2D eigenvalue weighted by atomic mass is 16.1. The molecule has 1 saturated heterocycles. The number of piperidine rings is 1. The molecule has 1 aromatic carbocycles. The zero-order valence-electron chi connectivity index (χ0n) is 15.0. The van der Waals surface area contributed by atoms with E-state index in [1.54, 1.807) is 0 Å². The summed E-state index contributed by atoms with van der Waals surface area (Å²) in [6, 6.07) is 17.7. The Morgan fingerprint density at radius 3 is 2.46 bits per heavy atom. The van der Waals surface area contributed by atoms with Crippen LogP contribution in [0.1, 0.15) is 35.2 Å².